The molecular formula is C35H37NO7. The summed E-state index contributed by atoms with van der Waals surface area (Å²) in [6.45, 7) is 3.96. The fourth-order valence-electron chi connectivity index (χ4n) is 5.26. The number of aliphatic hydroxyl groups excluding tert-OH is 2. The van der Waals surface area contributed by atoms with Gasteiger partial charge in [-0.1, -0.05) is 60.7 Å². The van der Waals surface area contributed by atoms with E-state index in [2.05, 4.69) is 5.32 Å². The lowest BCUT2D eigenvalue weighted by Crippen LogP contribution is -2.63. The molecule has 1 fully saturated rings. The smallest absolute Gasteiger partial charge is 0.252 e. The fraction of sp³-hybridized carbons (Fsp3) is 0.286. The third kappa shape index (κ3) is 7.24. The van der Waals surface area contributed by atoms with Crippen LogP contribution in [0.5, 0.6) is 17.2 Å². The average molecular weight is 584 g/mol. The molecule has 0 saturated carbocycles. The van der Waals surface area contributed by atoms with E-state index < -0.39 is 30.2 Å². The first-order valence-electron chi connectivity index (χ1n) is 14.3. The van der Waals surface area contributed by atoms with Crippen LogP contribution in [0.4, 0.5) is 0 Å². The van der Waals surface area contributed by atoms with Crippen LogP contribution in [0.25, 0.3) is 11.1 Å². The molecule has 4 aromatic carbocycles. The van der Waals surface area contributed by atoms with Crippen molar-refractivity contribution in [1.29, 1.82) is 0 Å². The maximum absolute atomic E-state index is 13.6. The molecule has 1 heterocycles. The summed E-state index contributed by atoms with van der Waals surface area (Å²) in [6, 6.07) is 32.1. The van der Waals surface area contributed by atoms with Crippen molar-refractivity contribution in [3.05, 3.63) is 114 Å². The van der Waals surface area contributed by atoms with E-state index in [4.69, 9.17) is 18.9 Å². The maximum Gasteiger partial charge on any atom is 0.252 e. The molecule has 4 aromatic rings. The zero-order valence-corrected chi connectivity index (χ0v) is 24.5. The lowest BCUT2D eigenvalue weighted by atomic mass is 9.89. The Morgan fingerprint density at radius 2 is 1.47 bits per heavy atom. The first kappa shape index (κ1) is 30.3. The number of rotatable bonds is 10. The van der Waals surface area contributed by atoms with Gasteiger partial charge in [0.25, 0.3) is 5.91 Å². The molecule has 0 aromatic heterocycles. The summed E-state index contributed by atoms with van der Waals surface area (Å²) >= 11 is 0. The van der Waals surface area contributed by atoms with Crippen LogP contribution in [-0.2, 0) is 15.9 Å². The van der Waals surface area contributed by atoms with Crippen molar-refractivity contribution < 1.29 is 34.0 Å². The van der Waals surface area contributed by atoms with Crippen molar-refractivity contribution >= 4 is 5.91 Å². The lowest BCUT2D eigenvalue weighted by molar-refractivity contribution is -0.305. The summed E-state index contributed by atoms with van der Waals surface area (Å²) in [7, 11) is 1.45. The third-order valence-corrected chi connectivity index (χ3v) is 7.47. The highest BCUT2D eigenvalue weighted by molar-refractivity contribution is 6.01. The van der Waals surface area contributed by atoms with Gasteiger partial charge in [0.15, 0.2) is 0 Å². The normalized spacial score (nSPS) is 21.1. The number of benzene rings is 4. The zero-order chi connectivity index (χ0) is 30.4. The van der Waals surface area contributed by atoms with Gasteiger partial charge in [-0.2, -0.15) is 0 Å². The second kappa shape index (κ2) is 13.4. The van der Waals surface area contributed by atoms with Crippen LogP contribution in [0.15, 0.2) is 103 Å². The third-order valence-electron chi connectivity index (χ3n) is 7.47. The molecule has 0 radical (unpaired) electrons. The zero-order valence-electron chi connectivity index (χ0n) is 24.5. The molecule has 4 atom stereocenters. The van der Waals surface area contributed by atoms with Crippen LogP contribution in [0.1, 0.15) is 29.8 Å². The van der Waals surface area contributed by atoms with Crippen molar-refractivity contribution in [1.82, 2.24) is 5.32 Å². The van der Waals surface area contributed by atoms with E-state index in [1.54, 1.807) is 32.0 Å². The standard InChI is InChI=1S/C35H37NO7/c1-35(2)32(40-3)30(37)31(38)34(43-35)42-27-18-19-28(24-14-16-26(17-15-24)41-25-12-8-5-9-13-25)29(22-27)33(39)36-21-20-23-10-6-4-7-11-23/h4-19,22,30-32,34,37-38H,20-21H2,1-3H3,(H,36,39)/t30-,31+,32+,34-/m0/s1. The maximum atomic E-state index is 13.6. The highest BCUT2D eigenvalue weighted by Crippen LogP contribution is 2.35. The lowest BCUT2D eigenvalue weighted by Gasteiger charge is -2.46. The summed E-state index contributed by atoms with van der Waals surface area (Å²) in [4.78, 5) is 13.6. The average Bonchev–Trinajstić information content (AvgIpc) is 3.01. The molecule has 0 bridgehead atoms. The quantitative estimate of drug-likeness (QED) is 0.231. The Bertz CT molecular complexity index is 1490. The number of carbonyl (C=O) groups excluding carboxylic acids is 1. The number of hydrogen-bond donors (Lipinski definition) is 3. The minimum atomic E-state index is -1.36. The van der Waals surface area contributed by atoms with Gasteiger partial charge in [-0.3, -0.25) is 4.79 Å². The number of aliphatic hydroxyl groups is 2. The van der Waals surface area contributed by atoms with Gasteiger partial charge >= 0.3 is 0 Å². The van der Waals surface area contributed by atoms with Crippen molar-refractivity contribution in [2.75, 3.05) is 13.7 Å². The van der Waals surface area contributed by atoms with Crippen LogP contribution in [0, 0.1) is 0 Å². The van der Waals surface area contributed by atoms with E-state index in [9.17, 15) is 15.0 Å². The molecule has 43 heavy (non-hydrogen) atoms. The highest BCUT2D eigenvalue weighted by Gasteiger charge is 2.50. The van der Waals surface area contributed by atoms with Gasteiger partial charge in [0, 0.05) is 13.7 Å². The van der Waals surface area contributed by atoms with Gasteiger partial charge in [-0.15, -0.1) is 0 Å². The molecule has 1 aliphatic rings. The number of methoxy groups -OCH3 is 1. The predicted octanol–water partition coefficient (Wildman–Crippen LogP) is 5.37. The second-order valence-electron chi connectivity index (χ2n) is 11.0. The molecule has 8 heteroatoms. The van der Waals surface area contributed by atoms with E-state index in [-0.39, 0.29) is 5.91 Å². The van der Waals surface area contributed by atoms with Gasteiger partial charge in [0.05, 0.1) is 11.2 Å². The minimum Gasteiger partial charge on any atom is -0.462 e. The minimum absolute atomic E-state index is 0.272. The van der Waals surface area contributed by atoms with E-state index in [0.29, 0.717) is 35.6 Å². The number of ether oxygens (including phenoxy) is 4. The van der Waals surface area contributed by atoms with Crippen LogP contribution in [0.2, 0.25) is 0 Å². The molecular weight excluding hydrogens is 546 g/mol. The predicted molar refractivity (Wildman–Crippen MR) is 163 cm³/mol. The molecule has 1 amide bonds. The van der Waals surface area contributed by atoms with Crippen molar-refractivity contribution in [3.63, 3.8) is 0 Å². The van der Waals surface area contributed by atoms with E-state index in [1.165, 1.54) is 7.11 Å². The van der Waals surface area contributed by atoms with Gasteiger partial charge in [-0.25, -0.2) is 0 Å². The van der Waals surface area contributed by atoms with Crippen molar-refractivity contribution in [3.8, 4) is 28.4 Å². The molecule has 1 aliphatic heterocycles. The molecule has 1 saturated heterocycles. The topological polar surface area (TPSA) is 106 Å². The van der Waals surface area contributed by atoms with Crippen LogP contribution < -0.4 is 14.8 Å². The van der Waals surface area contributed by atoms with Gasteiger partial charge < -0.3 is 34.5 Å². The molecule has 5 rings (SSSR count). The first-order chi connectivity index (χ1) is 20.7. The Morgan fingerprint density at radius 3 is 2.14 bits per heavy atom. The van der Waals surface area contributed by atoms with E-state index in [0.717, 1.165) is 16.9 Å². The van der Waals surface area contributed by atoms with E-state index in [1.807, 2.05) is 84.9 Å². The second-order valence-corrected chi connectivity index (χ2v) is 11.0. The largest absolute Gasteiger partial charge is 0.462 e. The summed E-state index contributed by atoms with van der Waals surface area (Å²) < 4.78 is 23.3. The summed E-state index contributed by atoms with van der Waals surface area (Å²) in [5, 5.41) is 24.4. The summed E-state index contributed by atoms with van der Waals surface area (Å²) in [5.41, 5.74) is 2.09. The number of carbonyl (C=O) groups is 1. The number of hydrogen-bond acceptors (Lipinski definition) is 7. The van der Waals surface area contributed by atoms with Crippen molar-refractivity contribution in [2.45, 2.75) is 50.5 Å². The Morgan fingerprint density at radius 1 is 0.837 bits per heavy atom. The number of para-hydroxylation sites is 1. The molecule has 0 aliphatic carbocycles. The molecule has 0 spiro atoms. The molecule has 8 nitrogen and oxygen atoms in total. The van der Waals surface area contributed by atoms with E-state index >= 15 is 0 Å². The van der Waals surface area contributed by atoms with Gasteiger partial charge in [0.1, 0.15) is 35.6 Å². The Hall–Kier alpha value is -4.21. The monoisotopic (exact) mass is 583 g/mol. The SMILES string of the molecule is CO[C@@H]1[C@@H](O)[C@@H](O)[C@@H](Oc2ccc(-c3ccc(Oc4ccccc4)cc3)c(C(=O)NCCc3ccccc3)c2)OC1(C)C. The number of nitrogens with one attached hydrogen (secondary N) is 1. The Kier molecular flexibility index (Phi) is 9.43. The molecule has 0 unspecified atom stereocenters. The van der Waals surface area contributed by atoms with Gasteiger partial charge in [-0.05, 0) is 79.4 Å². The summed E-state index contributed by atoms with van der Waals surface area (Å²) in [6.07, 6.45) is -3.83. The first-order valence-corrected chi connectivity index (χ1v) is 14.3. The van der Waals surface area contributed by atoms with Crippen LogP contribution >= 0.6 is 0 Å². The molecule has 224 valence electrons. The Labute approximate surface area is 251 Å². The molecule has 3 N–H and O–H groups in total. The number of amides is 1. The van der Waals surface area contributed by atoms with Gasteiger partial charge in [0.2, 0.25) is 6.29 Å². The van der Waals surface area contributed by atoms with Crippen molar-refractivity contribution in [2.24, 2.45) is 0 Å². The fourth-order valence-corrected chi connectivity index (χ4v) is 5.26. The Balaban J connectivity index is 1.39. The van der Waals surface area contributed by atoms with Crippen LogP contribution in [-0.4, -0.2) is 60.0 Å². The van der Waals surface area contributed by atoms with Crippen LogP contribution in [0.3, 0.4) is 0 Å². The highest BCUT2D eigenvalue weighted by atomic mass is 16.7. The summed E-state index contributed by atoms with van der Waals surface area (Å²) in [5.74, 6) is 1.44.